The predicted octanol–water partition coefficient (Wildman–Crippen LogP) is 2.10. The van der Waals surface area contributed by atoms with E-state index in [1.54, 1.807) is 0 Å². The Hall–Kier alpha value is -1.92. The van der Waals surface area contributed by atoms with Gasteiger partial charge in [0.2, 0.25) is 5.91 Å². The topological polar surface area (TPSA) is 96.7 Å². The van der Waals surface area contributed by atoms with Crippen molar-refractivity contribution < 1.29 is 4.79 Å². The normalized spacial score (nSPS) is 16.2. The summed E-state index contributed by atoms with van der Waals surface area (Å²) in [5.74, 6) is 0.608. The molecule has 7 heteroatoms. The van der Waals surface area contributed by atoms with Gasteiger partial charge in [0.15, 0.2) is 5.82 Å². The predicted molar refractivity (Wildman–Crippen MR) is 83.1 cm³/mol. The van der Waals surface area contributed by atoms with Gasteiger partial charge in [0.25, 0.3) is 0 Å². The first-order valence-electron chi connectivity index (χ1n) is 6.73. The molecule has 0 bridgehead atoms. The van der Waals surface area contributed by atoms with E-state index in [-0.39, 0.29) is 18.3 Å². The van der Waals surface area contributed by atoms with Gasteiger partial charge < -0.3 is 11.1 Å². The molecule has 1 fully saturated rings. The molecule has 1 aromatic heterocycles. The van der Waals surface area contributed by atoms with Gasteiger partial charge in [-0.15, -0.1) is 12.4 Å². The average Bonchev–Trinajstić information content (AvgIpc) is 3.11. The number of carbonyl (C=O) groups excluding carboxylic acids is 1. The van der Waals surface area contributed by atoms with Gasteiger partial charge >= 0.3 is 0 Å². The second-order valence-electron chi connectivity index (χ2n) is 5.23. The highest BCUT2D eigenvalue weighted by molar-refractivity contribution is 5.98. The van der Waals surface area contributed by atoms with Crippen molar-refractivity contribution in [3.63, 3.8) is 0 Å². The highest BCUT2D eigenvalue weighted by atomic mass is 35.5. The van der Waals surface area contributed by atoms with E-state index >= 15 is 0 Å². The molecule has 0 unspecified atom stereocenters. The number of nitrogens with two attached hydrogens (primary N) is 1. The number of hydrogen-bond donors (Lipinski definition) is 3. The SMILES string of the molecule is Cl.NC1(C(=O)Nc2ccc(-c3ncn[nH]3)cc2)CCCC1. The zero-order chi connectivity index (χ0) is 14.0. The number of H-pyrrole nitrogens is 1. The van der Waals surface area contributed by atoms with Crippen molar-refractivity contribution in [1.82, 2.24) is 15.2 Å². The molecule has 0 atom stereocenters. The van der Waals surface area contributed by atoms with E-state index < -0.39 is 5.54 Å². The molecule has 2 aromatic rings. The van der Waals surface area contributed by atoms with Crippen molar-refractivity contribution in [2.45, 2.75) is 31.2 Å². The van der Waals surface area contributed by atoms with E-state index in [1.807, 2.05) is 24.3 Å². The largest absolute Gasteiger partial charge is 0.324 e. The summed E-state index contributed by atoms with van der Waals surface area (Å²) in [6.07, 6.45) is 5.02. The minimum Gasteiger partial charge on any atom is -0.324 e. The lowest BCUT2D eigenvalue weighted by molar-refractivity contribution is -0.121. The molecule has 1 aromatic carbocycles. The van der Waals surface area contributed by atoms with Gasteiger partial charge in [0, 0.05) is 11.3 Å². The third-order valence-corrected chi connectivity index (χ3v) is 3.78. The molecule has 112 valence electrons. The maximum Gasteiger partial charge on any atom is 0.244 e. The molecular formula is C14H18ClN5O. The fourth-order valence-electron chi connectivity index (χ4n) is 2.54. The lowest BCUT2D eigenvalue weighted by Crippen LogP contribution is -2.48. The summed E-state index contributed by atoms with van der Waals surface area (Å²) in [5.41, 5.74) is 7.08. The van der Waals surface area contributed by atoms with Gasteiger partial charge in [-0.05, 0) is 37.1 Å². The van der Waals surface area contributed by atoms with Crippen LogP contribution in [0.2, 0.25) is 0 Å². The van der Waals surface area contributed by atoms with Crippen LogP contribution in [0.5, 0.6) is 0 Å². The Bertz CT molecular complexity index is 590. The number of amides is 1. The van der Waals surface area contributed by atoms with Gasteiger partial charge in [-0.25, -0.2) is 4.98 Å². The second kappa shape index (κ2) is 6.24. The minimum atomic E-state index is -0.705. The fraction of sp³-hybridized carbons (Fsp3) is 0.357. The molecule has 0 saturated heterocycles. The smallest absolute Gasteiger partial charge is 0.244 e. The number of halogens is 1. The van der Waals surface area contributed by atoms with Gasteiger partial charge in [-0.2, -0.15) is 5.10 Å². The van der Waals surface area contributed by atoms with E-state index in [0.717, 1.165) is 36.9 Å². The molecule has 6 nitrogen and oxygen atoms in total. The number of hydrogen-bond acceptors (Lipinski definition) is 4. The molecule has 0 aliphatic heterocycles. The zero-order valence-corrected chi connectivity index (χ0v) is 12.3. The van der Waals surface area contributed by atoms with Crippen LogP contribution in [0.4, 0.5) is 5.69 Å². The summed E-state index contributed by atoms with van der Waals surface area (Å²) < 4.78 is 0. The first-order chi connectivity index (χ1) is 9.67. The van der Waals surface area contributed by atoms with Crippen LogP contribution in [0.15, 0.2) is 30.6 Å². The average molecular weight is 308 g/mol. The molecule has 0 spiro atoms. The Morgan fingerprint density at radius 3 is 2.48 bits per heavy atom. The summed E-state index contributed by atoms with van der Waals surface area (Å²) in [4.78, 5) is 16.3. The molecule has 1 heterocycles. The van der Waals surface area contributed by atoms with Gasteiger partial charge in [-0.1, -0.05) is 12.8 Å². The molecule has 1 aliphatic carbocycles. The Morgan fingerprint density at radius 2 is 1.90 bits per heavy atom. The first-order valence-corrected chi connectivity index (χ1v) is 6.73. The van der Waals surface area contributed by atoms with E-state index in [0.29, 0.717) is 5.82 Å². The van der Waals surface area contributed by atoms with Crippen molar-refractivity contribution >= 4 is 24.0 Å². The van der Waals surface area contributed by atoms with Crippen molar-refractivity contribution in [1.29, 1.82) is 0 Å². The fourth-order valence-corrected chi connectivity index (χ4v) is 2.54. The summed E-state index contributed by atoms with van der Waals surface area (Å²) in [6.45, 7) is 0. The van der Waals surface area contributed by atoms with Crippen molar-refractivity contribution in [2.24, 2.45) is 5.73 Å². The zero-order valence-electron chi connectivity index (χ0n) is 11.5. The molecule has 0 radical (unpaired) electrons. The van der Waals surface area contributed by atoms with Crippen LogP contribution < -0.4 is 11.1 Å². The maximum atomic E-state index is 12.2. The number of benzene rings is 1. The molecule has 1 saturated carbocycles. The molecule has 1 aliphatic rings. The minimum absolute atomic E-state index is 0. The Balaban J connectivity index is 0.00000161. The van der Waals surface area contributed by atoms with E-state index in [4.69, 9.17) is 5.73 Å². The number of anilines is 1. The third kappa shape index (κ3) is 3.22. The second-order valence-corrected chi connectivity index (χ2v) is 5.23. The number of rotatable bonds is 3. The summed E-state index contributed by atoms with van der Waals surface area (Å²) in [7, 11) is 0. The number of aromatic amines is 1. The van der Waals surface area contributed by atoms with Crippen LogP contribution >= 0.6 is 12.4 Å². The number of carbonyl (C=O) groups is 1. The highest BCUT2D eigenvalue weighted by Crippen LogP contribution is 2.28. The Labute approximate surface area is 128 Å². The molecule has 21 heavy (non-hydrogen) atoms. The van der Waals surface area contributed by atoms with Crippen LogP contribution in [-0.4, -0.2) is 26.6 Å². The lowest BCUT2D eigenvalue weighted by Gasteiger charge is -2.22. The Morgan fingerprint density at radius 1 is 1.24 bits per heavy atom. The maximum absolute atomic E-state index is 12.2. The van der Waals surface area contributed by atoms with Gasteiger partial charge in [-0.3, -0.25) is 9.89 Å². The number of nitrogens with zero attached hydrogens (tertiary/aromatic N) is 2. The molecule has 3 rings (SSSR count). The standard InChI is InChI=1S/C14H17N5O.ClH/c15-14(7-1-2-8-14)13(20)18-11-5-3-10(4-6-11)12-16-9-17-19-12;/h3-6,9H,1-2,7-8,15H2,(H,18,20)(H,16,17,19);1H. The van der Waals surface area contributed by atoms with E-state index in [1.165, 1.54) is 6.33 Å². The van der Waals surface area contributed by atoms with E-state index in [9.17, 15) is 4.79 Å². The van der Waals surface area contributed by atoms with Crippen molar-refractivity contribution in [3.8, 4) is 11.4 Å². The molecular weight excluding hydrogens is 290 g/mol. The monoisotopic (exact) mass is 307 g/mol. The molecule has 4 N–H and O–H groups in total. The van der Waals surface area contributed by atoms with Crippen molar-refractivity contribution in [2.75, 3.05) is 5.32 Å². The van der Waals surface area contributed by atoms with Crippen LogP contribution in [0.1, 0.15) is 25.7 Å². The summed E-state index contributed by atoms with van der Waals surface area (Å²) in [5, 5.41) is 9.49. The van der Waals surface area contributed by atoms with Crippen LogP contribution in [0.3, 0.4) is 0 Å². The molecule has 1 amide bonds. The number of nitrogens with one attached hydrogen (secondary N) is 2. The highest BCUT2D eigenvalue weighted by Gasteiger charge is 2.36. The Kier molecular flexibility index (Phi) is 4.59. The van der Waals surface area contributed by atoms with E-state index in [2.05, 4.69) is 20.5 Å². The summed E-state index contributed by atoms with van der Waals surface area (Å²) >= 11 is 0. The number of aromatic nitrogens is 3. The third-order valence-electron chi connectivity index (χ3n) is 3.78. The van der Waals surface area contributed by atoms with Crippen LogP contribution in [-0.2, 0) is 4.79 Å². The van der Waals surface area contributed by atoms with Crippen LogP contribution in [0, 0.1) is 0 Å². The quantitative estimate of drug-likeness (QED) is 0.809. The summed E-state index contributed by atoms with van der Waals surface area (Å²) in [6, 6.07) is 7.45. The lowest BCUT2D eigenvalue weighted by atomic mass is 9.98. The first kappa shape index (κ1) is 15.5. The van der Waals surface area contributed by atoms with Gasteiger partial charge in [0.1, 0.15) is 6.33 Å². The van der Waals surface area contributed by atoms with Gasteiger partial charge in [0.05, 0.1) is 5.54 Å². The van der Waals surface area contributed by atoms with Crippen molar-refractivity contribution in [3.05, 3.63) is 30.6 Å². The van der Waals surface area contributed by atoms with Crippen LogP contribution in [0.25, 0.3) is 11.4 Å².